The van der Waals surface area contributed by atoms with Crippen molar-refractivity contribution in [2.45, 2.75) is 26.4 Å². The molecule has 1 fully saturated rings. The molecule has 2 amide bonds. The first-order valence-electron chi connectivity index (χ1n) is 7.59. The molecule has 1 heterocycles. The lowest BCUT2D eigenvalue weighted by Crippen LogP contribution is -2.33. The van der Waals surface area contributed by atoms with Gasteiger partial charge in [0.25, 0.3) is 0 Å². The molecule has 6 nitrogen and oxygen atoms in total. The van der Waals surface area contributed by atoms with Gasteiger partial charge in [-0.25, -0.2) is 9.59 Å². The number of rotatable bonds is 5. The lowest BCUT2D eigenvalue weighted by molar-refractivity contribution is 0.0378. The van der Waals surface area contributed by atoms with E-state index in [1.165, 1.54) is 6.07 Å². The minimum absolute atomic E-state index is 0.224. The summed E-state index contributed by atoms with van der Waals surface area (Å²) in [5.41, 5.74) is 0.702. The number of urea groups is 1. The van der Waals surface area contributed by atoms with E-state index >= 15 is 0 Å². The highest BCUT2D eigenvalue weighted by Gasteiger charge is 2.17. The first kappa shape index (κ1) is 17.6. The Hall–Kier alpha value is -1.79. The van der Waals surface area contributed by atoms with Crippen molar-refractivity contribution in [2.75, 3.05) is 25.1 Å². The molecule has 0 saturated carbocycles. The van der Waals surface area contributed by atoms with Gasteiger partial charge >= 0.3 is 12.0 Å². The van der Waals surface area contributed by atoms with E-state index < -0.39 is 5.97 Å². The third-order valence-corrected chi connectivity index (χ3v) is 3.69. The van der Waals surface area contributed by atoms with Crippen molar-refractivity contribution < 1.29 is 19.1 Å². The minimum atomic E-state index is -0.517. The van der Waals surface area contributed by atoms with Gasteiger partial charge in [-0.1, -0.05) is 11.6 Å². The van der Waals surface area contributed by atoms with Crippen LogP contribution >= 0.6 is 11.6 Å². The Balaban J connectivity index is 1.94. The molecule has 0 aliphatic carbocycles. The lowest BCUT2D eigenvalue weighted by atomic mass is 10.1. The molecule has 0 unspecified atom stereocenters. The van der Waals surface area contributed by atoms with Crippen LogP contribution in [0.5, 0.6) is 0 Å². The van der Waals surface area contributed by atoms with Crippen LogP contribution in [-0.2, 0) is 9.47 Å². The molecule has 1 saturated heterocycles. The van der Waals surface area contributed by atoms with Crippen molar-refractivity contribution in [2.24, 2.45) is 5.92 Å². The Morgan fingerprint density at radius 1 is 1.43 bits per heavy atom. The summed E-state index contributed by atoms with van der Waals surface area (Å²) in [6.07, 6.45) is 0.707. The first-order chi connectivity index (χ1) is 11.0. The van der Waals surface area contributed by atoms with Gasteiger partial charge < -0.3 is 20.1 Å². The maximum atomic E-state index is 12.0. The summed E-state index contributed by atoms with van der Waals surface area (Å²) in [7, 11) is 0. The number of hydrogen-bond donors (Lipinski definition) is 2. The number of nitrogens with one attached hydrogen (secondary N) is 2. The molecule has 0 bridgehead atoms. The SMILES string of the molecule is CC(C)OC(=O)c1cc(NC(=O)NC[C@@H]2CCOC2)ccc1Cl. The minimum Gasteiger partial charge on any atom is -0.459 e. The van der Waals surface area contributed by atoms with Gasteiger partial charge in [0.05, 0.1) is 23.3 Å². The molecule has 7 heteroatoms. The normalized spacial score (nSPS) is 17.1. The van der Waals surface area contributed by atoms with Gasteiger partial charge in [-0.3, -0.25) is 0 Å². The van der Waals surface area contributed by atoms with Gasteiger partial charge in [0.1, 0.15) is 0 Å². The van der Waals surface area contributed by atoms with Crippen molar-refractivity contribution in [3.63, 3.8) is 0 Å². The van der Waals surface area contributed by atoms with E-state index in [-0.39, 0.29) is 22.7 Å². The highest BCUT2D eigenvalue weighted by atomic mass is 35.5. The quantitative estimate of drug-likeness (QED) is 0.808. The number of esters is 1. The van der Waals surface area contributed by atoms with Crippen LogP contribution in [-0.4, -0.2) is 37.9 Å². The zero-order valence-electron chi connectivity index (χ0n) is 13.2. The fraction of sp³-hybridized carbons (Fsp3) is 0.500. The van der Waals surface area contributed by atoms with Crippen LogP contribution in [0.1, 0.15) is 30.6 Å². The van der Waals surface area contributed by atoms with E-state index in [4.69, 9.17) is 21.1 Å². The summed E-state index contributed by atoms with van der Waals surface area (Å²) in [6.45, 7) is 5.49. The number of anilines is 1. The maximum Gasteiger partial charge on any atom is 0.339 e. The van der Waals surface area contributed by atoms with Gasteiger partial charge in [-0.2, -0.15) is 0 Å². The average molecular weight is 341 g/mol. The van der Waals surface area contributed by atoms with Crippen LogP contribution in [0.15, 0.2) is 18.2 Å². The molecule has 1 aromatic rings. The molecule has 2 rings (SSSR count). The summed E-state index contributed by atoms with van der Waals surface area (Å²) < 4.78 is 10.4. The van der Waals surface area contributed by atoms with E-state index in [1.807, 2.05) is 0 Å². The second kappa shape index (κ2) is 8.17. The molecule has 1 atom stereocenters. The third kappa shape index (κ3) is 5.41. The second-order valence-corrected chi connectivity index (χ2v) is 6.12. The molecule has 126 valence electrons. The van der Waals surface area contributed by atoms with Crippen molar-refractivity contribution in [1.82, 2.24) is 5.32 Å². The van der Waals surface area contributed by atoms with Crippen molar-refractivity contribution in [3.05, 3.63) is 28.8 Å². The standard InChI is InChI=1S/C16H21ClN2O4/c1-10(2)23-15(20)13-7-12(3-4-14(13)17)19-16(21)18-8-11-5-6-22-9-11/h3-4,7,10-11H,5-6,8-9H2,1-2H3,(H2,18,19,21)/t11-/m0/s1. The molecule has 0 spiro atoms. The second-order valence-electron chi connectivity index (χ2n) is 5.71. The Bertz CT molecular complexity index is 571. The summed E-state index contributed by atoms with van der Waals surface area (Å²) in [5, 5.41) is 5.76. The van der Waals surface area contributed by atoms with E-state index in [0.29, 0.717) is 24.8 Å². The fourth-order valence-corrected chi connectivity index (χ4v) is 2.39. The molecule has 1 aliphatic rings. The molecular formula is C16H21ClN2O4. The maximum absolute atomic E-state index is 12.0. The van der Waals surface area contributed by atoms with Crippen LogP contribution in [0.3, 0.4) is 0 Å². The van der Waals surface area contributed by atoms with Crippen LogP contribution in [0.25, 0.3) is 0 Å². The highest BCUT2D eigenvalue weighted by Crippen LogP contribution is 2.22. The summed E-state index contributed by atoms with van der Waals surface area (Å²) >= 11 is 6.02. The van der Waals surface area contributed by atoms with Crippen molar-refractivity contribution in [1.29, 1.82) is 0 Å². The Morgan fingerprint density at radius 2 is 2.22 bits per heavy atom. The molecule has 0 aromatic heterocycles. The number of benzene rings is 1. The van der Waals surface area contributed by atoms with Crippen LogP contribution in [0.2, 0.25) is 5.02 Å². The average Bonchev–Trinajstić information content (AvgIpc) is 2.99. The Morgan fingerprint density at radius 3 is 2.87 bits per heavy atom. The topological polar surface area (TPSA) is 76.7 Å². The van der Waals surface area contributed by atoms with Gasteiger partial charge in [0.2, 0.25) is 0 Å². The lowest BCUT2D eigenvalue weighted by Gasteiger charge is -2.13. The van der Waals surface area contributed by atoms with E-state index in [9.17, 15) is 9.59 Å². The number of amides is 2. The molecule has 23 heavy (non-hydrogen) atoms. The van der Waals surface area contributed by atoms with Gasteiger partial charge in [0, 0.05) is 24.8 Å². The number of halogens is 1. The predicted molar refractivity (Wildman–Crippen MR) is 88.0 cm³/mol. The fourth-order valence-electron chi connectivity index (χ4n) is 2.19. The van der Waals surface area contributed by atoms with E-state index in [1.54, 1.807) is 26.0 Å². The smallest absolute Gasteiger partial charge is 0.339 e. The zero-order valence-corrected chi connectivity index (χ0v) is 14.0. The van der Waals surface area contributed by atoms with Crippen LogP contribution in [0.4, 0.5) is 10.5 Å². The van der Waals surface area contributed by atoms with Crippen molar-refractivity contribution in [3.8, 4) is 0 Å². The Kier molecular flexibility index (Phi) is 6.24. The third-order valence-electron chi connectivity index (χ3n) is 3.36. The molecule has 0 radical (unpaired) electrons. The van der Waals surface area contributed by atoms with Gasteiger partial charge in [0.15, 0.2) is 0 Å². The molecule has 1 aromatic carbocycles. The molecular weight excluding hydrogens is 320 g/mol. The number of ether oxygens (including phenoxy) is 2. The van der Waals surface area contributed by atoms with Gasteiger partial charge in [-0.15, -0.1) is 0 Å². The van der Waals surface area contributed by atoms with Crippen molar-refractivity contribution >= 4 is 29.3 Å². The highest BCUT2D eigenvalue weighted by molar-refractivity contribution is 6.33. The van der Waals surface area contributed by atoms with Crippen LogP contribution in [0, 0.1) is 5.92 Å². The largest absolute Gasteiger partial charge is 0.459 e. The Labute approximate surface area is 140 Å². The zero-order chi connectivity index (χ0) is 16.8. The number of carbonyl (C=O) groups excluding carboxylic acids is 2. The molecule has 1 aliphatic heterocycles. The summed E-state index contributed by atoms with van der Waals surface area (Å²) in [5.74, 6) is -0.167. The first-order valence-corrected chi connectivity index (χ1v) is 7.96. The van der Waals surface area contributed by atoms with Crippen LogP contribution < -0.4 is 10.6 Å². The monoisotopic (exact) mass is 340 g/mol. The molecule has 2 N–H and O–H groups in total. The summed E-state index contributed by atoms with van der Waals surface area (Å²) in [4.78, 5) is 23.9. The van der Waals surface area contributed by atoms with E-state index in [2.05, 4.69) is 10.6 Å². The predicted octanol–water partition coefficient (Wildman–Crippen LogP) is 3.06. The number of carbonyl (C=O) groups is 2. The van der Waals surface area contributed by atoms with Gasteiger partial charge in [-0.05, 0) is 38.5 Å². The number of hydrogen-bond acceptors (Lipinski definition) is 4. The summed E-state index contributed by atoms with van der Waals surface area (Å²) in [6, 6.07) is 4.36. The van der Waals surface area contributed by atoms with E-state index in [0.717, 1.165) is 13.0 Å².